The van der Waals surface area contributed by atoms with Crippen LogP contribution in [0.3, 0.4) is 0 Å². The third kappa shape index (κ3) is 2.66. The quantitative estimate of drug-likeness (QED) is 0.809. The maximum atomic E-state index is 5.64. The molecule has 0 atom stereocenters. The van der Waals surface area contributed by atoms with E-state index in [0.29, 0.717) is 23.0 Å². The molecule has 4 heteroatoms. The second-order valence-corrected chi connectivity index (χ2v) is 3.24. The standard InChI is InChI=1S/C13H12NO3/c1-15-10-5-6-12(13(8-10)16-2)17-11-4-3-7-14-9-11/h3-6,8-9H,1-2H3. The number of pyridine rings is 1. The van der Waals surface area contributed by atoms with Gasteiger partial charge in [0.15, 0.2) is 11.5 Å². The van der Waals surface area contributed by atoms with Crippen molar-refractivity contribution in [3.8, 4) is 23.0 Å². The number of benzene rings is 1. The molecule has 0 amide bonds. The van der Waals surface area contributed by atoms with E-state index < -0.39 is 0 Å². The summed E-state index contributed by atoms with van der Waals surface area (Å²) < 4.78 is 16.0. The highest BCUT2D eigenvalue weighted by molar-refractivity contribution is 5.47. The normalized spacial score (nSPS) is 9.76. The Kier molecular flexibility index (Phi) is 3.45. The molecule has 17 heavy (non-hydrogen) atoms. The van der Waals surface area contributed by atoms with Gasteiger partial charge in [-0.15, -0.1) is 0 Å². The molecular formula is C13H12NO3. The number of nitrogens with zero attached hydrogens (tertiary/aromatic N) is 1. The Morgan fingerprint density at radius 1 is 1.00 bits per heavy atom. The lowest BCUT2D eigenvalue weighted by Gasteiger charge is -2.11. The van der Waals surface area contributed by atoms with Gasteiger partial charge in [0.05, 0.1) is 26.6 Å². The minimum atomic E-state index is 0.609. The zero-order valence-electron chi connectivity index (χ0n) is 9.64. The summed E-state index contributed by atoms with van der Waals surface area (Å²) in [6, 6.07) is 8.81. The van der Waals surface area contributed by atoms with Crippen molar-refractivity contribution in [2.45, 2.75) is 0 Å². The van der Waals surface area contributed by atoms with Gasteiger partial charge in [0.1, 0.15) is 11.5 Å². The second kappa shape index (κ2) is 5.21. The molecule has 0 aliphatic heterocycles. The van der Waals surface area contributed by atoms with Crippen LogP contribution in [0.15, 0.2) is 36.5 Å². The zero-order chi connectivity index (χ0) is 12.1. The largest absolute Gasteiger partial charge is 0.497 e. The molecule has 0 unspecified atom stereocenters. The van der Waals surface area contributed by atoms with Gasteiger partial charge in [-0.05, 0) is 24.3 Å². The predicted molar refractivity (Wildman–Crippen MR) is 62.7 cm³/mol. The number of hydrogen-bond donors (Lipinski definition) is 0. The van der Waals surface area contributed by atoms with Gasteiger partial charge in [-0.3, -0.25) is 4.98 Å². The van der Waals surface area contributed by atoms with E-state index >= 15 is 0 Å². The molecule has 1 radical (unpaired) electrons. The van der Waals surface area contributed by atoms with Gasteiger partial charge in [0, 0.05) is 6.07 Å². The maximum absolute atomic E-state index is 5.64. The van der Waals surface area contributed by atoms with E-state index in [1.807, 2.05) is 0 Å². The summed E-state index contributed by atoms with van der Waals surface area (Å²) in [7, 11) is 3.19. The van der Waals surface area contributed by atoms with Crippen molar-refractivity contribution >= 4 is 0 Å². The fourth-order valence-corrected chi connectivity index (χ4v) is 1.35. The van der Waals surface area contributed by atoms with Crippen molar-refractivity contribution in [1.82, 2.24) is 4.98 Å². The van der Waals surface area contributed by atoms with Gasteiger partial charge < -0.3 is 14.2 Å². The van der Waals surface area contributed by atoms with Crippen molar-refractivity contribution in [3.63, 3.8) is 0 Å². The van der Waals surface area contributed by atoms with Crippen LogP contribution in [0.5, 0.6) is 23.0 Å². The van der Waals surface area contributed by atoms with Crippen LogP contribution in [0.2, 0.25) is 0 Å². The lowest BCUT2D eigenvalue weighted by molar-refractivity contribution is 0.368. The number of hydrogen-bond acceptors (Lipinski definition) is 4. The summed E-state index contributed by atoms with van der Waals surface area (Å²) in [6.07, 6.45) is 4.27. The van der Waals surface area contributed by atoms with Crippen LogP contribution in [-0.4, -0.2) is 19.2 Å². The Labute approximate surface area is 99.8 Å². The van der Waals surface area contributed by atoms with Crippen molar-refractivity contribution < 1.29 is 14.2 Å². The number of methoxy groups -OCH3 is 2. The van der Waals surface area contributed by atoms with Crippen molar-refractivity contribution in [2.24, 2.45) is 0 Å². The van der Waals surface area contributed by atoms with Crippen LogP contribution in [0.1, 0.15) is 0 Å². The van der Waals surface area contributed by atoms with Gasteiger partial charge in [0.25, 0.3) is 0 Å². The minimum Gasteiger partial charge on any atom is -0.497 e. The minimum absolute atomic E-state index is 0.609. The van der Waals surface area contributed by atoms with E-state index in [9.17, 15) is 0 Å². The van der Waals surface area contributed by atoms with Gasteiger partial charge in [-0.1, -0.05) is 0 Å². The Bertz CT molecular complexity index is 485. The topological polar surface area (TPSA) is 40.6 Å². The molecule has 4 nitrogen and oxygen atoms in total. The van der Waals surface area contributed by atoms with Crippen LogP contribution in [0, 0.1) is 6.20 Å². The van der Waals surface area contributed by atoms with E-state index in [2.05, 4.69) is 11.2 Å². The molecule has 0 spiro atoms. The molecule has 1 aromatic carbocycles. The highest BCUT2D eigenvalue weighted by atomic mass is 16.5. The number of ether oxygens (including phenoxy) is 3. The molecule has 1 aromatic heterocycles. The zero-order valence-corrected chi connectivity index (χ0v) is 9.64. The van der Waals surface area contributed by atoms with Crippen LogP contribution in [0.25, 0.3) is 0 Å². The average Bonchev–Trinajstić information content (AvgIpc) is 2.40. The fourth-order valence-electron chi connectivity index (χ4n) is 1.35. The van der Waals surface area contributed by atoms with E-state index in [0.717, 1.165) is 0 Å². The summed E-state index contributed by atoms with van der Waals surface area (Å²) in [6.45, 7) is 0. The molecule has 0 saturated carbocycles. The fraction of sp³-hybridized carbons (Fsp3) is 0.154. The van der Waals surface area contributed by atoms with Crippen LogP contribution in [0.4, 0.5) is 0 Å². The van der Waals surface area contributed by atoms with Crippen molar-refractivity contribution in [2.75, 3.05) is 14.2 Å². The Morgan fingerprint density at radius 3 is 2.53 bits per heavy atom. The SMILES string of the molecule is COc1ccc(Oc2cc[c]nc2)c(OC)c1. The maximum Gasteiger partial charge on any atom is 0.169 e. The van der Waals surface area contributed by atoms with Crippen LogP contribution < -0.4 is 14.2 Å². The van der Waals surface area contributed by atoms with Crippen LogP contribution >= 0.6 is 0 Å². The summed E-state index contributed by atoms with van der Waals surface area (Å²) in [5.41, 5.74) is 0. The Balaban J connectivity index is 2.26. The smallest absolute Gasteiger partial charge is 0.169 e. The van der Waals surface area contributed by atoms with E-state index in [1.165, 1.54) is 0 Å². The average molecular weight is 230 g/mol. The molecule has 0 bridgehead atoms. The third-order valence-corrected chi connectivity index (χ3v) is 2.19. The second-order valence-electron chi connectivity index (χ2n) is 3.24. The first-order chi connectivity index (χ1) is 8.33. The summed E-state index contributed by atoms with van der Waals surface area (Å²) in [4.78, 5) is 3.85. The molecule has 0 aliphatic rings. The molecule has 0 saturated heterocycles. The molecule has 87 valence electrons. The molecule has 1 heterocycles. The highest BCUT2D eigenvalue weighted by Gasteiger charge is 2.07. The number of aromatic nitrogens is 1. The molecule has 0 N–H and O–H groups in total. The third-order valence-electron chi connectivity index (χ3n) is 2.19. The molecule has 0 aliphatic carbocycles. The van der Waals surface area contributed by atoms with Crippen molar-refractivity contribution in [3.05, 3.63) is 42.7 Å². The van der Waals surface area contributed by atoms with E-state index in [4.69, 9.17) is 14.2 Å². The monoisotopic (exact) mass is 230 g/mol. The Morgan fingerprint density at radius 2 is 1.88 bits per heavy atom. The van der Waals surface area contributed by atoms with Gasteiger partial charge >= 0.3 is 0 Å². The summed E-state index contributed by atoms with van der Waals surface area (Å²) in [5.74, 6) is 2.57. The lowest BCUT2D eigenvalue weighted by Crippen LogP contribution is -1.92. The van der Waals surface area contributed by atoms with Crippen molar-refractivity contribution in [1.29, 1.82) is 0 Å². The summed E-state index contributed by atoms with van der Waals surface area (Å²) in [5, 5.41) is 0. The van der Waals surface area contributed by atoms with E-state index in [-0.39, 0.29) is 0 Å². The Hall–Kier alpha value is -2.23. The van der Waals surface area contributed by atoms with Gasteiger partial charge in [-0.25, -0.2) is 0 Å². The number of rotatable bonds is 4. The molecule has 2 aromatic rings. The highest BCUT2D eigenvalue weighted by Crippen LogP contribution is 2.34. The molecule has 2 rings (SSSR count). The first kappa shape index (κ1) is 11.3. The van der Waals surface area contributed by atoms with Crippen LogP contribution in [-0.2, 0) is 0 Å². The van der Waals surface area contributed by atoms with Gasteiger partial charge in [-0.2, -0.15) is 0 Å². The first-order valence-corrected chi connectivity index (χ1v) is 5.05. The lowest BCUT2D eigenvalue weighted by atomic mass is 10.3. The first-order valence-electron chi connectivity index (χ1n) is 5.05. The molecular weight excluding hydrogens is 218 g/mol. The molecule has 0 fully saturated rings. The summed E-state index contributed by atoms with van der Waals surface area (Å²) >= 11 is 0. The van der Waals surface area contributed by atoms with E-state index in [1.54, 1.807) is 50.7 Å². The predicted octanol–water partition coefficient (Wildman–Crippen LogP) is 2.69. The van der Waals surface area contributed by atoms with Gasteiger partial charge in [0.2, 0.25) is 0 Å².